The first-order valence-corrected chi connectivity index (χ1v) is 9.90. The summed E-state index contributed by atoms with van der Waals surface area (Å²) in [6.45, 7) is 3.87. The van der Waals surface area contributed by atoms with Crippen LogP contribution in [0, 0.1) is 5.92 Å². The zero-order valence-electron chi connectivity index (χ0n) is 13.7. The van der Waals surface area contributed by atoms with Crippen LogP contribution in [0.2, 0.25) is 0 Å². The van der Waals surface area contributed by atoms with Gasteiger partial charge >= 0.3 is 0 Å². The number of hydrogen-bond donors (Lipinski definition) is 1. The number of aromatic nitrogens is 1. The molecule has 5 nitrogen and oxygen atoms in total. The molecule has 0 aliphatic carbocycles. The minimum atomic E-state index is -0.0745. The van der Waals surface area contributed by atoms with E-state index in [4.69, 9.17) is 0 Å². The molecule has 1 saturated heterocycles. The number of rotatable bonds is 5. The van der Waals surface area contributed by atoms with E-state index in [0.29, 0.717) is 23.9 Å². The summed E-state index contributed by atoms with van der Waals surface area (Å²) in [5.41, 5.74) is 0.731. The van der Waals surface area contributed by atoms with Gasteiger partial charge in [-0.1, -0.05) is 13.0 Å². The van der Waals surface area contributed by atoms with E-state index in [0.717, 1.165) is 30.1 Å². The fraction of sp³-hybridized carbons (Fsp3) is 0.471. The van der Waals surface area contributed by atoms with Crippen LogP contribution in [0.15, 0.2) is 22.9 Å². The molecular weight excluding hydrogens is 342 g/mol. The van der Waals surface area contributed by atoms with E-state index in [-0.39, 0.29) is 11.8 Å². The van der Waals surface area contributed by atoms with Crippen molar-refractivity contribution in [2.24, 2.45) is 5.92 Å². The third-order valence-corrected chi connectivity index (χ3v) is 5.74. The molecule has 3 rings (SSSR count). The molecule has 0 aromatic carbocycles. The Labute approximate surface area is 149 Å². The van der Waals surface area contributed by atoms with Crippen LogP contribution in [0.4, 0.5) is 5.13 Å². The molecule has 0 spiro atoms. The summed E-state index contributed by atoms with van der Waals surface area (Å²) in [6.07, 6.45) is 2.94. The predicted molar refractivity (Wildman–Crippen MR) is 97.4 cm³/mol. The van der Waals surface area contributed by atoms with Crippen molar-refractivity contribution in [2.75, 3.05) is 18.4 Å². The number of piperidine rings is 1. The number of likely N-dealkylation sites (tertiary alicyclic amines) is 1. The Morgan fingerprint density at radius 2 is 2.25 bits per heavy atom. The van der Waals surface area contributed by atoms with Gasteiger partial charge in [-0.3, -0.25) is 9.59 Å². The van der Waals surface area contributed by atoms with E-state index in [2.05, 4.69) is 17.2 Å². The van der Waals surface area contributed by atoms with Crippen molar-refractivity contribution in [2.45, 2.75) is 32.6 Å². The van der Waals surface area contributed by atoms with Crippen molar-refractivity contribution in [1.29, 1.82) is 0 Å². The maximum absolute atomic E-state index is 12.4. The molecule has 3 heterocycles. The highest BCUT2D eigenvalue weighted by atomic mass is 32.1. The van der Waals surface area contributed by atoms with Gasteiger partial charge in [0.05, 0.1) is 18.5 Å². The molecule has 24 heavy (non-hydrogen) atoms. The molecule has 0 saturated carbocycles. The van der Waals surface area contributed by atoms with E-state index in [9.17, 15) is 9.59 Å². The van der Waals surface area contributed by atoms with Gasteiger partial charge in [0.15, 0.2) is 5.13 Å². The smallest absolute Gasteiger partial charge is 0.231 e. The number of thiophene rings is 1. The van der Waals surface area contributed by atoms with Gasteiger partial charge in [-0.2, -0.15) is 0 Å². The van der Waals surface area contributed by atoms with E-state index in [1.165, 1.54) is 17.8 Å². The molecule has 2 amide bonds. The lowest BCUT2D eigenvalue weighted by Crippen LogP contribution is -2.39. The molecule has 2 aromatic rings. The van der Waals surface area contributed by atoms with Crippen molar-refractivity contribution < 1.29 is 9.59 Å². The minimum absolute atomic E-state index is 0.0745. The van der Waals surface area contributed by atoms with Crippen molar-refractivity contribution >= 4 is 39.6 Å². The number of nitrogens with one attached hydrogen (secondary N) is 1. The summed E-state index contributed by atoms with van der Waals surface area (Å²) in [7, 11) is 0. The van der Waals surface area contributed by atoms with Gasteiger partial charge in [0.2, 0.25) is 11.8 Å². The summed E-state index contributed by atoms with van der Waals surface area (Å²) >= 11 is 2.93. The summed E-state index contributed by atoms with van der Waals surface area (Å²) in [4.78, 5) is 31.7. The average Bonchev–Trinajstić information content (AvgIpc) is 3.19. The lowest BCUT2D eigenvalue weighted by atomic mass is 10.00. The summed E-state index contributed by atoms with van der Waals surface area (Å²) < 4.78 is 0. The molecule has 1 aliphatic rings. The first-order chi connectivity index (χ1) is 11.6. The van der Waals surface area contributed by atoms with Gasteiger partial charge in [-0.05, 0) is 30.2 Å². The number of anilines is 1. The monoisotopic (exact) mass is 363 g/mol. The number of thiazole rings is 1. The van der Waals surface area contributed by atoms with Gasteiger partial charge in [0.25, 0.3) is 0 Å². The highest BCUT2D eigenvalue weighted by molar-refractivity contribution is 7.14. The first kappa shape index (κ1) is 17.1. The Hall–Kier alpha value is -1.73. The lowest BCUT2D eigenvalue weighted by Gasteiger charge is -2.30. The standard InChI is InChI=1S/C17H21N3O2S2/c1-12-4-2-6-20(10-12)16(22)8-13-11-24-17(18-13)19-15(21)9-14-5-3-7-23-14/h3,5,7,11-12H,2,4,6,8-10H2,1H3,(H,18,19,21). The Kier molecular flexibility index (Phi) is 5.63. The Balaban J connectivity index is 1.51. The molecule has 2 aromatic heterocycles. The number of carbonyl (C=O) groups is 2. The van der Waals surface area contributed by atoms with Crippen LogP contribution in [-0.4, -0.2) is 34.8 Å². The molecule has 0 radical (unpaired) electrons. The maximum Gasteiger partial charge on any atom is 0.231 e. The Morgan fingerprint density at radius 1 is 1.38 bits per heavy atom. The summed E-state index contributed by atoms with van der Waals surface area (Å²) in [5.74, 6) is 0.628. The Bertz CT molecular complexity index is 697. The second-order valence-electron chi connectivity index (χ2n) is 6.21. The number of carbonyl (C=O) groups excluding carboxylic acids is 2. The van der Waals surface area contributed by atoms with Crippen LogP contribution in [0.1, 0.15) is 30.3 Å². The van der Waals surface area contributed by atoms with Crippen LogP contribution in [-0.2, 0) is 22.4 Å². The van der Waals surface area contributed by atoms with Crippen LogP contribution < -0.4 is 5.32 Å². The number of hydrogen-bond acceptors (Lipinski definition) is 5. The third kappa shape index (κ3) is 4.64. The molecule has 1 atom stereocenters. The van der Waals surface area contributed by atoms with Crippen LogP contribution in [0.3, 0.4) is 0 Å². The second kappa shape index (κ2) is 7.90. The number of nitrogens with zero attached hydrogens (tertiary/aromatic N) is 2. The Morgan fingerprint density at radius 3 is 3.00 bits per heavy atom. The van der Waals surface area contributed by atoms with Gasteiger partial charge in [-0.25, -0.2) is 4.98 Å². The van der Waals surface area contributed by atoms with Crippen molar-refractivity contribution in [1.82, 2.24) is 9.88 Å². The van der Waals surface area contributed by atoms with Gasteiger partial charge in [0.1, 0.15) is 0 Å². The maximum atomic E-state index is 12.4. The van der Waals surface area contributed by atoms with Crippen LogP contribution >= 0.6 is 22.7 Å². The topological polar surface area (TPSA) is 62.3 Å². The van der Waals surface area contributed by atoms with Crippen LogP contribution in [0.25, 0.3) is 0 Å². The SMILES string of the molecule is CC1CCCN(C(=O)Cc2csc(NC(=O)Cc3cccs3)n2)C1. The average molecular weight is 364 g/mol. The fourth-order valence-corrected chi connectivity index (χ4v) is 4.29. The van der Waals surface area contributed by atoms with E-state index in [1.807, 2.05) is 27.8 Å². The van der Waals surface area contributed by atoms with Gasteiger partial charge in [0, 0.05) is 23.3 Å². The van der Waals surface area contributed by atoms with Crippen LogP contribution in [0.5, 0.6) is 0 Å². The lowest BCUT2D eigenvalue weighted by molar-refractivity contribution is -0.132. The second-order valence-corrected chi connectivity index (χ2v) is 8.10. The fourth-order valence-electron chi connectivity index (χ4n) is 2.86. The van der Waals surface area contributed by atoms with E-state index in [1.54, 1.807) is 11.3 Å². The third-order valence-electron chi connectivity index (χ3n) is 4.06. The molecular formula is C17H21N3O2S2. The van der Waals surface area contributed by atoms with Gasteiger partial charge in [-0.15, -0.1) is 22.7 Å². The molecule has 7 heteroatoms. The normalized spacial score (nSPS) is 17.7. The summed E-state index contributed by atoms with van der Waals surface area (Å²) in [5, 5.41) is 7.18. The zero-order valence-corrected chi connectivity index (χ0v) is 15.3. The number of amides is 2. The predicted octanol–water partition coefficient (Wildman–Crippen LogP) is 3.19. The minimum Gasteiger partial charge on any atom is -0.342 e. The van der Waals surface area contributed by atoms with Crippen molar-refractivity contribution in [3.8, 4) is 0 Å². The van der Waals surface area contributed by atoms with Crippen molar-refractivity contribution in [3.63, 3.8) is 0 Å². The largest absolute Gasteiger partial charge is 0.342 e. The highest BCUT2D eigenvalue weighted by Gasteiger charge is 2.21. The molecule has 1 unspecified atom stereocenters. The van der Waals surface area contributed by atoms with E-state index < -0.39 is 0 Å². The molecule has 128 valence electrons. The molecule has 0 bridgehead atoms. The summed E-state index contributed by atoms with van der Waals surface area (Å²) in [6, 6.07) is 3.87. The van der Waals surface area contributed by atoms with Gasteiger partial charge < -0.3 is 10.2 Å². The molecule has 1 fully saturated rings. The van der Waals surface area contributed by atoms with Crippen molar-refractivity contribution in [3.05, 3.63) is 33.5 Å². The quantitative estimate of drug-likeness (QED) is 0.887. The van der Waals surface area contributed by atoms with E-state index >= 15 is 0 Å². The molecule has 1 aliphatic heterocycles. The highest BCUT2D eigenvalue weighted by Crippen LogP contribution is 2.20. The molecule has 1 N–H and O–H groups in total. The zero-order chi connectivity index (χ0) is 16.9. The first-order valence-electron chi connectivity index (χ1n) is 8.14.